The van der Waals surface area contributed by atoms with Crippen LogP contribution in [0.5, 0.6) is 0 Å². The summed E-state index contributed by atoms with van der Waals surface area (Å²) in [6, 6.07) is 2.31. The van der Waals surface area contributed by atoms with Crippen LogP contribution in [0.1, 0.15) is 36.8 Å². The molecule has 0 radical (unpaired) electrons. The summed E-state index contributed by atoms with van der Waals surface area (Å²) in [7, 11) is 1.41. The molecule has 13 heteroatoms. The van der Waals surface area contributed by atoms with E-state index in [1.165, 1.54) is 18.0 Å². The van der Waals surface area contributed by atoms with Crippen LogP contribution < -0.4 is 0 Å². The predicted octanol–water partition coefficient (Wildman–Crippen LogP) is 1.64. The second kappa shape index (κ2) is 9.56. The van der Waals surface area contributed by atoms with E-state index in [0.717, 1.165) is 18.6 Å². The van der Waals surface area contributed by atoms with Gasteiger partial charge in [-0.15, -0.1) is 5.10 Å². The maximum Gasteiger partial charge on any atom is 0.194 e. The fraction of sp³-hybridized carbons (Fsp3) is 0.522. The fourth-order valence-electron chi connectivity index (χ4n) is 4.78. The molecule has 5 atom stereocenters. The van der Waals surface area contributed by atoms with E-state index in [-0.39, 0.29) is 17.7 Å². The minimum atomic E-state index is -1.60. The van der Waals surface area contributed by atoms with E-state index in [1.807, 2.05) is 0 Å². The molecule has 0 spiro atoms. The molecular formula is C23H25F3N4O6. The Morgan fingerprint density at radius 2 is 1.89 bits per heavy atom. The number of aliphatic hydroxyl groups is 3. The van der Waals surface area contributed by atoms with Gasteiger partial charge in [-0.3, -0.25) is 0 Å². The molecule has 1 aliphatic carbocycles. The molecule has 0 amide bonds. The normalized spacial score (nSPS) is 27.7. The van der Waals surface area contributed by atoms with Crippen molar-refractivity contribution in [3.63, 3.8) is 0 Å². The van der Waals surface area contributed by atoms with Crippen LogP contribution in [0.4, 0.5) is 13.2 Å². The molecule has 3 heterocycles. The first kappa shape index (κ1) is 24.8. The SMILES string of the molecule is CO[C@@H]1[C@@H](n2cc(-c3cc(F)c(F)c(F)c3)nn2)[C@@H](O)[C@@H](CO)O[C@@H]1Cc1cc(C2(O)CCC2)no1. The Morgan fingerprint density at radius 1 is 1.17 bits per heavy atom. The average molecular weight is 510 g/mol. The molecule has 194 valence electrons. The van der Waals surface area contributed by atoms with Gasteiger partial charge in [0.25, 0.3) is 0 Å². The molecule has 0 unspecified atom stereocenters. The summed E-state index contributed by atoms with van der Waals surface area (Å²) in [5.74, 6) is -3.93. The number of methoxy groups -OCH3 is 1. The number of rotatable bonds is 7. The lowest BCUT2D eigenvalue weighted by atomic mass is 9.78. The quantitative estimate of drug-likeness (QED) is 0.405. The molecule has 2 aromatic heterocycles. The van der Waals surface area contributed by atoms with E-state index in [2.05, 4.69) is 15.5 Å². The number of aromatic nitrogens is 4. The number of nitrogens with zero attached hydrogens (tertiary/aromatic N) is 4. The molecule has 5 rings (SSSR count). The Bertz CT molecular complexity index is 1210. The highest BCUT2D eigenvalue weighted by Gasteiger charge is 2.47. The van der Waals surface area contributed by atoms with E-state index in [9.17, 15) is 28.5 Å². The molecule has 1 saturated heterocycles. The number of benzene rings is 1. The lowest BCUT2D eigenvalue weighted by Crippen LogP contribution is -2.57. The molecule has 1 saturated carbocycles. The van der Waals surface area contributed by atoms with Gasteiger partial charge in [-0.1, -0.05) is 10.4 Å². The van der Waals surface area contributed by atoms with Crippen molar-refractivity contribution in [1.29, 1.82) is 0 Å². The summed E-state index contributed by atoms with van der Waals surface area (Å²) < 4.78 is 59.0. The van der Waals surface area contributed by atoms with Crippen molar-refractivity contribution in [3.8, 4) is 11.3 Å². The zero-order valence-corrected chi connectivity index (χ0v) is 19.2. The maximum absolute atomic E-state index is 13.7. The van der Waals surface area contributed by atoms with Gasteiger partial charge < -0.3 is 29.3 Å². The van der Waals surface area contributed by atoms with Gasteiger partial charge in [0.15, 0.2) is 17.5 Å². The topological polar surface area (TPSA) is 136 Å². The lowest BCUT2D eigenvalue weighted by molar-refractivity contribution is -0.212. The maximum atomic E-state index is 13.7. The smallest absolute Gasteiger partial charge is 0.194 e. The molecule has 0 bridgehead atoms. The third kappa shape index (κ3) is 4.30. The van der Waals surface area contributed by atoms with Crippen LogP contribution in [0.2, 0.25) is 0 Å². The van der Waals surface area contributed by atoms with Gasteiger partial charge in [0, 0.05) is 25.2 Å². The molecule has 1 aliphatic heterocycles. The molecular weight excluding hydrogens is 485 g/mol. The highest BCUT2D eigenvalue weighted by molar-refractivity contribution is 5.57. The van der Waals surface area contributed by atoms with Crippen LogP contribution in [0.15, 0.2) is 28.9 Å². The Kier molecular flexibility index (Phi) is 6.59. The fourth-order valence-corrected chi connectivity index (χ4v) is 4.78. The van der Waals surface area contributed by atoms with Crippen LogP contribution in [0, 0.1) is 17.5 Å². The van der Waals surface area contributed by atoms with Crippen molar-refractivity contribution >= 4 is 0 Å². The molecule has 36 heavy (non-hydrogen) atoms. The number of halogens is 3. The minimum Gasteiger partial charge on any atom is -0.394 e. The second-order valence-electron chi connectivity index (χ2n) is 9.18. The van der Waals surface area contributed by atoms with Gasteiger partial charge in [-0.2, -0.15) is 0 Å². The number of aliphatic hydroxyl groups excluding tert-OH is 2. The first-order chi connectivity index (χ1) is 17.2. The zero-order valence-electron chi connectivity index (χ0n) is 19.2. The van der Waals surface area contributed by atoms with Crippen molar-refractivity contribution in [2.75, 3.05) is 13.7 Å². The third-order valence-corrected chi connectivity index (χ3v) is 6.95. The van der Waals surface area contributed by atoms with Gasteiger partial charge in [0.1, 0.15) is 47.1 Å². The first-order valence-corrected chi connectivity index (χ1v) is 11.5. The van der Waals surface area contributed by atoms with Gasteiger partial charge in [0.05, 0.1) is 18.9 Å². The van der Waals surface area contributed by atoms with Crippen molar-refractivity contribution in [2.24, 2.45) is 0 Å². The molecule has 10 nitrogen and oxygen atoms in total. The van der Waals surface area contributed by atoms with E-state index < -0.39 is 60.1 Å². The molecule has 1 aromatic carbocycles. The Morgan fingerprint density at radius 3 is 2.50 bits per heavy atom. The van der Waals surface area contributed by atoms with Crippen molar-refractivity contribution in [2.45, 2.75) is 61.7 Å². The Labute approximate surface area is 203 Å². The number of ether oxygens (including phenoxy) is 2. The van der Waals surface area contributed by atoms with E-state index in [1.54, 1.807) is 6.07 Å². The van der Waals surface area contributed by atoms with Crippen LogP contribution >= 0.6 is 0 Å². The summed E-state index contributed by atoms with van der Waals surface area (Å²) >= 11 is 0. The Balaban J connectivity index is 1.42. The number of hydrogen-bond acceptors (Lipinski definition) is 9. The predicted molar refractivity (Wildman–Crippen MR) is 115 cm³/mol. The molecule has 2 aliphatic rings. The van der Waals surface area contributed by atoms with Gasteiger partial charge in [0.2, 0.25) is 0 Å². The van der Waals surface area contributed by atoms with Crippen LogP contribution in [-0.2, 0) is 21.5 Å². The van der Waals surface area contributed by atoms with E-state index in [4.69, 9.17) is 14.0 Å². The van der Waals surface area contributed by atoms with Crippen molar-refractivity contribution in [1.82, 2.24) is 20.2 Å². The summed E-state index contributed by atoms with van der Waals surface area (Å²) in [4.78, 5) is 0. The van der Waals surface area contributed by atoms with Crippen molar-refractivity contribution in [3.05, 3.63) is 53.3 Å². The summed E-state index contributed by atoms with van der Waals surface area (Å²) in [5, 5.41) is 43.2. The largest absolute Gasteiger partial charge is 0.394 e. The van der Waals surface area contributed by atoms with Crippen LogP contribution in [0.3, 0.4) is 0 Å². The highest BCUT2D eigenvalue weighted by Crippen LogP contribution is 2.41. The molecule has 3 aromatic rings. The lowest BCUT2D eigenvalue weighted by Gasteiger charge is -2.43. The number of hydrogen-bond donors (Lipinski definition) is 3. The average Bonchev–Trinajstić information content (AvgIpc) is 3.51. The monoisotopic (exact) mass is 510 g/mol. The van der Waals surface area contributed by atoms with Crippen LogP contribution in [-0.4, -0.2) is 73.6 Å². The van der Waals surface area contributed by atoms with E-state index in [0.29, 0.717) is 24.3 Å². The van der Waals surface area contributed by atoms with E-state index >= 15 is 0 Å². The Hall–Kier alpha value is -2.84. The van der Waals surface area contributed by atoms with Gasteiger partial charge >= 0.3 is 0 Å². The van der Waals surface area contributed by atoms with Crippen LogP contribution in [0.25, 0.3) is 11.3 Å². The minimum absolute atomic E-state index is 0.0343. The van der Waals surface area contributed by atoms with Crippen molar-refractivity contribution < 1.29 is 42.5 Å². The first-order valence-electron chi connectivity index (χ1n) is 11.5. The van der Waals surface area contributed by atoms with Gasteiger partial charge in [-0.05, 0) is 31.4 Å². The molecule has 3 N–H and O–H groups in total. The van der Waals surface area contributed by atoms with Gasteiger partial charge in [-0.25, -0.2) is 17.9 Å². The summed E-state index contributed by atoms with van der Waals surface area (Å²) in [6.45, 7) is -0.512. The summed E-state index contributed by atoms with van der Waals surface area (Å²) in [6.07, 6.45) is -0.283. The second-order valence-corrected chi connectivity index (χ2v) is 9.18. The standard InChI is InChI=1S/C23H25F3N4O6/c1-34-22-16(7-12-8-18(28-36-12)23(33)3-2-4-23)35-17(10-31)21(32)20(22)30-9-15(27-29-30)11-5-13(24)19(26)14(25)6-11/h5-6,8-9,16-17,20-22,31-33H,2-4,7,10H2,1H3/t16-,17-,20+,21+,22+/m1/s1. The zero-order chi connectivity index (χ0) is 25.6. The summed E-state index contributed by atoms with van der Waals surface area (Å²) in [5.41, 5.74) is -0.583. The highest BCUT2D eigenvalue weighted by atomic mass is 19.2. The third-order valence-electron chi connectivity index (χ3n) is 6.95. The molecule has 2 fully saturated rings.